The number of benzene rings is 2. The van der Waals surface area contributed by atoms with Crippen LogP contribution < -0.4 is 14.2 Å². The van der Waals surface area contributed by atoms with E-state index >= 15 is 0 Å². The van der Waals surface area contributed by atoms with Gasteiger partial charge in [-0.2, -0.15) is 0 Å². The van der Waals surface area contributed by atoms with Gasteiger partial charge in [0.2, 0.25) is 5.75 Å². The van der Waals surface area contributed by atoms with Crippen LogP contribution in [-0.2, 0) is 11.2 Å². The SMILES string of the molecule is CCOc1c(OC)cc(CC(C(=O)O)c2cccc(O)c2)cc1OC. The van der Waals surface area contributed by atoms with E-state index in [1.54, 1.807) is 24.3 Å². The summed E-state index contributed by atoms with van der Waals surface area (Å²) in [6, 6.07) is 9.76. The number of methoxy groups -OCH3 is 2. The number of hydrogen-bond donors (Lipinski definition) is 2. The van der Waals surface area contributed by atoms with Gasteiger partial charge in [-0.3, -0.25) is 4.79 Å². The van der Waals surface area contributed by atoms with E-state index in [4.69, 9.17) is 14.2 Å². The fraction of sp³-hybridized carbons (Fsp3) is 0.316. The van der Waals surface area contributed by atoms with Crippen LogP contribution in [-0.4, -0.2) is 37.0 Å². The molecule has 2 aromatic carbocycles. The van der Waals surface area contributed by atoms with Crippen molar-refractivity contribution in [3.05, 3.63) is 47.5 Å². The summed E-state index contributed by atoms with van der Waals surface area (Å²) < 4.78 is 16.3. The molecule has 0 fully saturated rings. The number of aliphatic carboxylic acids is 1. The minimum absolute atomic E-state index is 0.0330. The third-order valence-corrected chi connectivity index (χ3v) is 3.82. The first kappa shape index (κ1) is 18.4. The largest absolute Gasteiger partial charge is 0.508 e. The van der Waals surface area contributed by atoms with Gasteiger partial charge in [-0.05, 0) is 48.7 Å². The van der Waals surface area contributed by atoms with Crippen LogP contribution in [0.25, 0.3) is 0 Å². The maximum Gasteiger partial charge on any atom is 0.311 e. The second-order valence-electron chi connectivity index (χ2n) is 5.45. The molecule has 0 saturated heterocycles. The van der Waals surface area contributed by atoms with Gasteiger partial charge in [0.05, 0.1) is 26.7 Å². The molecule has 1 atom stereocenters. The maximum absolute atomic E-state index is 11.7. The zero-order chi connectivity index (χ0) is 18.4. The van der Waals surface area contributed by atoms with E-state index in [0.29, 0.717) is 29.4 Å². The number of phenols is 1. The Morgan fingerprint density at radius 2 is 1.76 bits per heavy atom. The highest BCUT2D eigenvalue weighted by molar-refractivity contribution is 5.77. The van der Waals surface area contributed by atoms with Gasteiger partial charge >= 0.3 is 5.97 Å². The molecule has 0 aliphatic carbocycles. The summed E-state index contributed by atoms with van der Waals surface area (Å²) in [4.78, 5) is 11.7. The van der Waals surface area contributed by atoms with Crippen LogP contribution in [0.4, 0.5) is 0 Å². The normalized spacial score (nSPS) is 11.6. The fourth-order valence-corrected chi connectivity index (χ4v) is 2.66. The van der Waals surface area contributed by atoms with Crippen LogP contribution in [0.5, 0.6) is 23.0 Å². The Morgan fingerprint density at radius 3 is 2.24 bits per heavy atom. The van der Waals surface area contributed by atoms with Gasteiger partial charge < -0.3 is 24.4 Å². The molecule has 2 aromatic rings. The van der Waals surface area contributed by atoms with Crippen LogP contribution in [0.3, 0.4) is 0 Å². The first-order valence-electron chi connectivity index (χ1n) is 7.89. The van der Waals surface area contributed by atoms with Gasteiger partial charge in [-0.25, -0.2) is 0 Å². The Morgan fingerprint density at radius 1 is 1.12 bits per heavy atom. The average Bonchev–Trinajstić information content (AvgIpc) is 2.60. The van der Waals surface area contributed by atoms with E-state index in [1.807, 2.05) is 6.92 Å². The van der Waals surface area contributed by atoms with Crippen LogP contribution in [0.15, 0.2) is 36.4 Å². The van der Waals surface area contributed by atoms with Crippen molar-refractivity contribution >= 4 is 5.97 Å². The molecule has 0 aliphatic rings. The van der Waals surface area contributed by atoms with Crippen molar-refractivity contribution in [1.29, 1.82) is 0 Å². The van der Waals surface area contributed by atoms with Crippen molar-refractivity contribution in [2.45, 2.75) is 19.3 Å². The summed E-state index contributed by atoms with van der Waals surface area (Å²) in [6.45, 7) is 2.31. The number of phenolic OH excluding ortho intramolecular Hbond substituents is 1. The molecule has 0 spiro atoms. The Bertz CT molecular complexity index is 715. The molecule has 0 saturated carbocycles. The summed E-state index contributed by atoms with van der Waals surface area (Å²) in [7, 11) is 3.04. The molecular formula is C19H22O6. The molecule has 0 heterocycles. The molecule has 134 valence electrons. The van der Waals surface area contributed by atoms with E-state index in [1.165, 1.54) is 26.4 Å². The lowest BCUT2D eigenvalue weighted by Crippen LogP contribution is -2.14. The zero-order valence-corrected chi connectivity index (χ0v) is 14.5. The first-order valence-corrected chi connectivity index (χ1v) is 7.89. The van der Waals surface area contributed by atoms with Gasteiger partial charge in [0, 0.05) is 0 Å². The zero-order valence-electron chi connectivity index (χ0n) is 14.5. The Balaban J connectivity index is 2.41. The average molecular weight is 346 g/mol. The molecular weight excluding hydrogens is 324 g/mol. The van der Waals surface area contributed by atoms with Crippen LogP contribution >= 0.6 is 0 Å². The molecule has 1 unspecified atom stereocenters. The van der Waals surface area contributed by atoms with Crippen LogP contribution in [0, 0.1) is 0 Å². The van der Waals surface area contributed by atoms with Gasteiger partial charge in [-0.1, -0.05) is 12.1 Å². The molecule has 0 aromatic heterocycles. The second-order valence-corrected chi connectivity index (χ2v) is 5.45. The van der Waals surface area contributed by atoms with Crippen molar-refractivity contribution in [3.63, 3.8) is 0 Å². The standard InChI is InChI=1S/C19H22O6/c1-4-25-18-16(23-2)9-12(10-17(18)24-3)8-15(19(21)22)13-6-5-7-14(20)11-13/h5-7,9-11,15,20H,4,8H2,1-3H3,(H,21,22). The molecule has 0 radical (unpaired) electrons. The van der Waals surface area contributed by atoms with E-state index in [2.05, 4.69) is 0 Å². The number of aromatic hydroxyl groups is 1. The summed E-state index contributed by atoms with van der Waals surface area (Å²) in [5.41, 5.74) is 1.26. The van der Waals surface area contributed by atoms with Crippen molar-refractivity contribution in [2.24, 2.45) is 0 Å². The van der Waals surface area contributed by atoms with E-state index in [-0.39, 0.29) is 12.2 Å². The maximum atomic E-state index is 11.7. The van der Waals surface area contributed by atoms with Crippen molar-refractivity contribution in [1.82, 2.24) is 0 Å². The molecule has 25 heavy (non-hydrogen) atoms. The predicted octanol–water partition coefficient (Wildman–Crippen LogP) is 3.22. The molecule has 0 amide bonds. The monoisotopic (exact) mass is 346 g/mol. The lowest BCUT2D eigenvalue weighted by atomic mass is 9.91. The van der Waals surface area contributed by atoms with Crippen molar-refractivity contribution in [2.75, 3.05) is 20.8 Å². The summed E-state index contributed by atoms with van der Waals surface area (Å²) in [5.74, 6) is -0.296. The van der Waals surface area contributed by atoms with Gasteiger partial charge in [0.15, 0.2) is 11.5 Å². The highest BCUT2D eigenvalue weighted by Gasteiger charge is 2.23. The molecule has 0 bridgehead atoms. The Hall–Kier alpha value is -2.89. The number of carbonyl (C=O) groups is 1. The van der Waals surface area contributed by atoms with E-state index < -0.39 is 11.9 Å². The number of hydrogen-bond acceptors (Lipinski definition) is 5. The van der Waals surface area contributed by atoms with Gasteiger partial charge in [0.25, 0.3) is 0 Å². The second kappa shape index (κ2) is 8.28. The third kappa shape index (κ3) is 4.35. The van der Waals surface area contributed by atoms with Crippen LogP contribution in [0.1, 0.15) is 24.0 Å². The lowest BCUT2D eigenvalue weighted by Gasteiger charge is -2.18. The summed E-state index contributed by atoms with van der Waals surface area (Å²) in [5, 5.41) is 19.2. The van der Waals surface area contributed by atoms with Crippen molar-refractivity contribution < 1.29 is 29.2 Å². The predicted molar refractivity (Wildman–Crippen MR) is 92.9 cm³/mol. The highest BCUT2D eigenvalue weighted by atomic mass is 16.5. The first-order chi connectivity index (χ1) is 12.0. The minimum Gasteiger partial charge on any atom is -0.508 e. The van der Waals surface area contributed by atoms with Crippen LogP contribution in [0.2, 0.25) is 0 Å². The summed E-state index contributed by atoms with van der Waals surface area (Å²) in [6.07, 6.45) is 0.220. The fourth-order valence-electron chi connectivity index (χ4n) is 2.66. The number of ether oxygens (including phenoxy) is 3. The molecule has 2 rings (SSSR count). The highest BCUT2D eigenvalue weighted by Crippen LogP contribution is 2.39. The Kier molecular flexibility index (Phi) is 6.11. The minimum atomic E-state index is -0.975. The smallest absolute Gasteiger partial charge is 0.311 e. The topological polar surface area (TPSA) is 85.2 Å². The third-order valence-electron chi connectivity index (χ3n) is 3.82. The molecule has 6 heteroatoms. The molecule has 6 nitrogen and oxygen atoms in total. The van der Waals surface area contributed by atoms with Gasteiger partial charge in [0.1, 0.15) is 5.75 Å². The number of rotatable bonds is 8. The summed E-state index contributed by atoms with van der Waals surface area (Å²) >= 11 is 0. The quantitative estimate of drug-likeness (QED) is 0.763. The van der Waals surface area contributed by atoms with E-state index in [9.17, 15) is 15.0 Å². The molecule has 0 aliphatic heterocycles. The lowest BCUT2D eigenvalue weighted by molar-refractivity contribution is -0.138. The number of carboxylic acids is 1. The van der Waals surface area contributed by atoms with Crippen molar-refractivity contribution in [3.8, 4) is 23.0 Å². The molecule has 2 N–H and O–H groups in total. The van der Waals surface area contributed by atoms with E-state index in [0.717, 1.165) is 5.56 Å². The van der Waals surface area contributed by atoms with Gasteiger partial charge in [-0.15, -0.1) is 0 Å². The Labute approximate surface area is 146 Å². The number of carboxylic acid groups (broad SMARTS) is 1.